The van der Waals surface area contributed by atoms with Crippen LogP contribution in [0, 0.1) is 4.64 Å². The maximum atomic E-state index is 10.3. The van der Waals surface area contributed by atoms with Crippen molar-refractivity contribution in [2.75, 3.05) is 6.61 Å². The molecule has 1 fully saturated rings. The van der Waals surface area contributed by atoms with Gasteiger partial charge in [-0.3, -0.25) is 4.57 Å². The Bertz CT molecular complexity index is 958. The third-order valence-corrected chi connectivity index (χ3v) is 4.57. The van der Waals surface area contributed by atoms with E-state index in [0.717, 1.165) is 5.56 Å². The molecule has 1 aliphatic heterocycles. The second-order valence-corrected chi connectivity index (χ2v) is 6.22. The van der Waals surface area contributed by atoms with Crippen molar-refractivity contribution in [3.05, 3.63) is 41.3 Å². The SMILES string of the molecule is OC[C@H]1O[C@@H](n2cnc3c(=S)nc(-c4ccccc4)[nH]c32)[C@H](O)[C@@H]1O. The fraction of sp³-hybridized carbons (Fsp3) is 0.312. The fourth-order valence-corrected chi connectivity index (χ4v) is 3.21. The quantitative estimate of drug-likeness (QED) is 0.510. The number of nitrogens with one attached hydrogen (secondary N) is 1. The molecule has 8 nitrogen and oxygen atoms in total. The van der Waals surface area contributed by atoms with Crippen molar-refractivity contribution >= 4 is 23.4 Å². The number of aliphatic hydroxyl groups is 3. The molecular weight excluding hydrogens is 344 g/mol. The van der Waals surface area contributed by atoms with Gasteiger partial charge in [0.1, 0.15) is 35.3 Å². The molecule has 130 valence electrons. The van der Waals surface area contributed by atoms with Crippen molar-refractivity contribution < 1.29 is 20.1 Å². The lowest BCUT2D eigenvalue weighted by molar-refractivity contribution is -0.0511. The third kappa shape index (κ3) is 2.66. The molecule has 0 bridgehead atoms. The molecule has 1 saturated heterocycles. The number of hydrogen-bond acceptors (Lipinski definition) is 7. The topological polar surface area (TPSA) is 116 Å². The summed E-state index contributed by atoms with van der Waals surface area (Å²) in [5.41, 5.74) is 1.84. The lowest BCUT2D eigenvalue weighted by atomic mass is 10.1. The van der Waals surface area contributed by atoms with Gasteiger partial charge >= 0.3 is 0 Å². The van der Waals surface area contributed by atoms with Gasteiger partial charge in [0.15, 0.2) is 10.9 Å². The summed E-state index contributed by atoms with van der Waals surface area (Å²) < 4.78 is 7.45. The zero-order chi connectivity index (χ0) is 17.6. The Labute approximate surface area is 147 Å². The van der Waals surface area contributed by atoms with E-state index in [-0.39, 0.29) is 0 Å². The summed E-state index contributed by atoms with van der Waals surface area (Å²) in [6, 6.07) is 9.47. The van der Waals surface area contributed by atoms with Crippen molar-refractivity contribution in [1.29, 1.82) is 0 Å². The van der Waals surface area contributed by atoms with Gasteiger partial charge in [-0.2, -0.15) is 0 Å². The number of aromatic nitrogens is 4. The van der Waals surface area contributed by atoms with E-state index in [2.05, 4.69) is 15.0 Å². The number of hydrogen-bond donors (Lipinski definition) is 4. The van der Waals surface area contributed by atoms with Crippen molar-refractivity contribution in [3.8, 4) is 11.4 Å². The van der Waals surface area contributed by atoms with Crippen LogP contribution in [-0.2, 0) is 4.74 Å². The highest BCUT2D eigenvalue weighted by Crippen LogP contribution is 2.31. The maximum absolute atomic E-state index is 10.3. The molecule has 0 aliphatic carbocycles. The number of ether oxygens (including phenoxy) is 1. The van der Waals surface area contributed by atoms with Crippen LogP contribution in [-0.4, -0.2) is 59.8 Å². The van der Waals surface area contributed by atoms with Gasteiger partial charge in [-0.1, -0.05) is 42.5 Å². The summed E-state index contributed by atoms with van der Waals surface area (Å²) in [4.78, 5) is 11.8. The molecule has 4 N–H and O–H groups in total. The van der Waals surface area contributed by atoms with Gasteiger partial charge in [-0.25, -0.2) is 9.97 Å². The standard InChI is InChI=1S/C16H16N4O4S/c21-6-9-11(22)12(23)16(24-9)20-7-17-10-14(20)18-13(19-15(10)25)8-4-2-1-3-5-8/h1-5,7,9,11-12,16,21-23H,6H2,(H,18,19,25)/t9-,11-,12-,16-/m1/s1. The predicted molar refractivity (Wildman–Crippen MR) is 91.2 cm³/mol. The second-order valence-electron chi connectivity index (χ2n) is 5.83. The van der Waals surface area contributed by atoms with Gasteiger partial charge < -0.3 is 25.0 Å². The number of aliphatic hydroxyl groups excluding tert-OH is 3. The molecule has 0 saturated carbocycles. The van der Waals surface area contributed by atoms with Crippen LogP contribution in [0.1, 0.15) is 6.23 Å². The Kier molecular flexibility index (Phi) is 4.10. The largest absolute Gasteiger partial charge is 0.394 e. The molecule has 0 unspecified atom stereocenters. The molecule has 0 amide bonds. The van der Waals surface area contributed by atoms with E-state index in [4.69, 9.17) is 17.0 Å². The molecule has 4 rings (SSSR count). The maximum Gasteiger partial charge on any atom is 0.165 e. The number of nitrogens with zero attached hydrogens (tertiary/aromatic N) is 3. The van der Waals surface area contributed by atoms with Gasteiger partial charge in [-0.15, -0.1) is 0 Å². The Morgan fingerprint density at radius 2 is 1.96 bits per heavy atom. The molecule has 4 atom stereocenters. The molecule has 3 aromatic rings. The third-order valence-electron chi connectivity index (χ3n) is 4.29. The van der Waals surface area contributed by atoms with Gasteiger partial charge in [0.05, 0.1) is 12.9 Å². The van der Waals surface area contributed by atoms with E-state index in [1.165, 1.54) is 6.33 Å². The first-order valence-corrected chi connectivity index (χ1v) is 8.15. The molecule has 1 aliphatic rings. The minimum absolute atomic E-state index is 0.318. The van der Waals surface area contributed by atoms with Crippen LogP contribution in [0.3, 0.4) is 0 Å². The van der Waals surface area contributed by atoms with E-state index in [0.29, 0.717) is 21.6 Å². The van der Waals surface area contributed by atoms with Crippen molar-refractivity contribution in [2.24, 2.45) is 0 Å². The Balaban J connectivity index is 1.84. The summed E-state index contributed by atoms with van der Waals surface area (Å²) in [6.07, 6.45) is -2.69. The number of imidazole rings is 1. The molecule has 9 heteroatoms. The van der Waals surface area contributed by atoms with Gasteiger partial charge in [0.25, 0.3) is 0 Å². The number of aromatic amines is 1. The van der Waals surface area contributed by atoms with Gasteiger partial charge in [-0.05, 0) is 0 Å². The van der Waals surface area contributed by atoms with Crippen LogP contribution in [0.15, 0.2) is 36.7 Å². The van der Waals surface area contributed by atoms with Gasteiger partial charge in [0.2, 0.25) is 0 Å². The zero-order valence-corrected chi connectivity index (χ0v) is 13.8. The zero-order valence-electron chi connectivity index (χ0n) is 13.0. The molecule has 0 radical (unpaired) electrons. The predicted octanol–water partition coefficient (Wildman–Crippen LogP) is 0.767. The molecule has 2 aromatic heterocycles. The molecular formula is C16H16N4O4S. The monoisotopic (exact) mass is 360 g/mol. The minimum Gasteiger partial charge on any atom is -0.394 e. The summed E-state index contributed by atoms with van der Waals surface area (Å²) in [6.45, 7) is -0.395. The summed E-state index contributed by atoms with van der Waals surface area (Å²) in [5, 5.41) is 29.5. The lowest BCUT2D eigenvalue weighted by Gasteiger charge is -2.17. The molecule has 1 aromatic carbocycles. The van der Waals surface area contributed by atoms with Crippen molar-refractivity contribution in [1.82, 2.24) is 19.5 Å². The Hall–Kier alpha value is -2.17. The Morgan fingerprint density at radius 1 is 1.20 bits per heavy atom. The molecule has 3 heterocycles. The van der Waals surface area contributed by atoms with E-state index < -0.39 is 31.1 Å². The van der Waals surface area contributed by atoms with E-state index in [9.17, 15) is 15.3 Å². The number of benzene rings is 1. The highest BCUT2D eigenvalue weighted by atomic mass is 32.1. The highest BCUT2D eigenvalue weighted by molar-refractivity contribution is 7.71. The summed E-state index contributed by atoms with van der Waals surface area (Å²) in [7, 11) is 0. The fourth-order valence-electron chi connectivity index (χ4n) is 2.97. The van der Waals surface area contributed by atoms with Crippen LogP contribution < -0.4 is 0 Å². The second kappa shape index (κ2) is 6.28. The average Bonchev–Trinajstić information content (AvgIpc) is 3.18. The van der Waals surface area contributed by atoms with E-state index in [1.54, 1.807) is 4.57 Å². The lowest BCUT2D eigenvalue weighted by Crippen LogP contribution is -2.33. The molecule has 0 spiro atoms. The number of H-pyrrole nitrogens is 1. The first-order valence-electron chi connectivity index (χ1n) is 7.75. The van der Waals surface area contributed by atoms with Crippen LogP contribution in [0.4, 0.5) is 0 Å². The van der Waals surface area contributed by atoms with E-state index in [1.807, 2.05) is 30.3 Å². The number of fused-ring (bicyclic) bond motifs is 1. The Morgan fingerprint density at radius 3 is 2.64 bits per heavy atom. The normalized spacial score (nSPS) is 26.4. The summed E-state index contributed by atoms with van der Waals surface area (Å²) in [5.74, 6) is 0.562. The first kappa shape index (κ1) is 16.3. The smallest absolute Gasteiger partial charge is 0.165 e. The van der Waals surface area contributed by atoms with Crippen molar-refractivity contribution in [3.63, 3.8) is 0 Å². The van der Waals surface area contributed by atoms with Crippen LogP contribution in [0.5, 0.6) is 0 Å². The average molecular weight is 360 g/mol. The highest BCUT2D eigenvalue weighted by Gasteiger charge is 2.43. The van der Waals surface area contributed by atoms with Crippen LogP contribution in [0.25, 0.3) is 22.6 Å². The molecule has 25 heavy (non-hydrogen) atoms. The van der Waals surface area contributed by atoms with Crippen LogP contribution in [0.2, 0.25) is 0 Å². The van der Waals surface area contributed by atoms with Crippen molar-refractivity contribution in [2.45, 2.75) is 24.5 Å². The minimum atomic E-state index is -1.20. The van der Waals surface area contributed by atoms with E-state index >= 15 is 0 Å². The van der Waals surface area contributed by atoms with Crippen LogP contribution >= 0.6 is 12.2 Å². The summed E-state index contributed by atoms with van der Waals surface area (Å²) >= 11 is 5.33. The number of rotatable bonds is 3. The first-order chi connectivity index (χ1) is 12.1. The van der Waals surface area contributed by atoms with Gasteiger partial charge in [0, 0.05) is 5.56 Å².